The smallest absolute Gasteiger partial charge is 0.432 e. The molecule has 0 aromatic rings. The number of halogens is 5. The number of esters is 2. The summed E-state index contributed by atoms with van der Waals surface area (Å²) in [5, 5.41) is -5.90. The van der Waals surface area contributed by atoms with Crippen molar-refractivity contribution in [3.8, 4) is 0 Å². The van der Waals surface area contributed by atoms with Crippen molar-refractivity contribution in [2.45, 2.75) is 37.3 Å². The van der Waals surface area contributed by atoms with Crippen molar-refractivity contribution in [1.29, 1.82) is 0 Å². The van der Waals surface area contributed by atoms with E-state index in [-0.39, 0.29) is 5.57 Å². The van der Waals surface area contributed by atoms with E-state index < -0.39 is 59.0 Å². The topological polar surface area (TPSA) is 110 Å². The molecule has 0 heterocycles. The van der Waals surface area contributed by atoms with Gasteiger partial charge in [0, 0.05) is 12.0 Å². The van der Waals surface area contributed by atoms with Gasteiger partial charge in [-0.3, -0.25) is 4.79 Å². The van der Waals surface area contributed by atoms with E-state index in [0.29, 0.717) is 0 Å². The maximum Gasteiger partial charge on any atom is 0.432 e. The highest BCUT2D eigenvalue weighted by Crippen LogP contribution is 2.38. The van der Waals surface area contributed by atoms with Gasteiger partial charge in [-0.2, -0.15) is 22.0 Å². The molecule has 0 saturated carbocycles. The largest absolute Gasteiger partial charge is 0.743 e. The van der Waals surface area contributed by atoms with Crippen LogP contribution in [0.1, 0.15) is 19.8 Å². The van der Waals surface area contributed by atoms with Crippen LogP contribution in [0.5, 0.6) is 0 Å². The van der Waals surface area contributed by atoms with Gasteiger partial charge in [0.1, 0.15) is 0 Å². The maximum absolute atomic E-state index is 13.1. The quantitative estimate of drug-likeness (QED) is 0.205. The summed E-state index contributed by atoms with van der Waals surface area (Å²) >= 11 is 0. The zero-order chi connectivity index (χ0) is 19.3. The van der Waals surface area contributed by atoms with E-state index in [1.807, 2.05) is 0 Å². The first kappa shape index (κ1) is 22.2. The van der Waals surface area contributed by atoms with Crippen molar-refractivity contribution < 1.29 is 54.0 Å². The fraction of sp³-hybridized carbons (Fsp3) is 0.636. The molecule has 0 aromatic carbocycles. The van der Waals surface area contributed by atoms with Crippen molar-refractivity contribution in [2.75, 3.05) is 6.61 Å². The van der Waals surface area contributed by atoms with Crippen LogP contribution in [0.4, 0.5) is 22.0 Å². The number of carbonyl (C=O) groups excluding carboxylic acids is 2. The van der Waals surface area contributed by atoms with Gasteiger partial charge in [0.05, 0.1) is 6.61 Å². The van der Waals surface area contributed by atoms with Gasteiger partial charge in [0.2, 0.25) is 0 Å². The molecule has 0 rings (SSSR count). The Morgan fingerprint density at radius 3 is 2.08 bits per heavy atom. The molecule has 0 bridgehead atoms. The molecule has 140 valence electrons. The third-order valence-electron chi connectivity index (χ3n) is 2.29. The first-order valence-corrected chi connectivity index (χ1v) is 7.43. The third-order valence-corrected chi connectivity index (χ3v) is 3.17. The Balaban J connectivity index is 4.82. The Morgan fingerprint density at radius 1 is 1.21 bits per heavy atom. The highest BCUT2D eigenvalue weighted by Gasteiger charge is 2.62. The van der Waals surface area contributed by atoms with E-state index in [9.17, 15) is 44.5 Å². The fourth-order valence-electron chi connectivity index (χ4n) is 1.15. The Hall–Kier alpha value is -1.76. The monoisotopic (exact) mass is 383 g/mol. The van der Waals surface area contributed by atoms with Crippen LogP contribution in [0.3, 0.4) is 0 Å². The summed E-state index contributed by atoms with van der Waals surface area (Å²) < 4.78 is 102. The molecule has 24 heavy (non-hydrogen) atoms. The van der Waals surface area contributed by atoms with Crippen LogP contribution < -0.4 is 0 Å². The molecule has 7 nitrogen and oxygen atoms in total. The van der Waals surface area contributed by atoms with E-state index in [1.165, 1.54) is 6.92 Å². The minimum absolute atomic E-state index is 0.00927. The molecule has 0 spiro atoms. The van der Waals surface area contributed by atoms with Gasteiger partial charge in [-0.05, 0) is 13.3 Å². The van der Waals surface area contributed by atoms with Crippen molar-refractivity contribution in [3.05, 3.63) is 12.2 Å². The van der Waals surface area contributed by atoms with Crippen LogP contribution in [0.15, 0.2) is 12.2 Å². The third kappa shape index (κ3) is 6.39. The second-order valence-corrected chi connectivity index (χ2v) is 5.90. The molecule has 0 saturated heterocycles. The molecule has 0 N–H and O–H groups in total. The molecular weight excluding hydrogens is 371 g/mol. The number of alkyl halides is 5. The number of hydrogen-bond donors (Lipinski definition) is 0. The fourth-order valence-corrected chi connectivity index (χ4v) is 1.60. The van der Waals surface area contributed by atoms with Crippen molar-refractivity contribution >= 4 is 22.1 Å². The average molecular weight is 383 g/mol. The summed E-state index contributed by atoms with van der Waals surface area (Å²) in [4.78, 5) is 22.1. The lowest BCUT2D eigenvalue weighted by Gasteiger charge is -2.29. The van der Waals surface area contributed by atoms with E-state index in [1.54, 1.807) is 0 Å². The van der Waals surface area contributed by atoms with Crippen molar-refractivity contribution in [1.82, 2.24) is 0 Å². The number of rotatable bonds is 8. The minimum Gasteiger partial charge on any atom is -0.743 e. The van der Waals surface area contributed by atoms with Crippen LogP contribution in [0.2, 0.25) is 0 Å². The lowest BCUT2D eigenvalue weighted by molar-refractivity contribution is -0.259. The van der Waals surface area contributed by atoms with Gasteiger partial charge in [-0.1, -0.05) is 6.58 Å². The van der Waals surface area contributed by atoms with Gasteiger partial charge in [0.15, 0.2) is 10.1 Å². The van der Waals surface area contributed by atoms with E-state index in [2.05, 4.69) is 16.1 Å². The Kier molecular flexibility index (Phi) is 7.30. The van der Waals surface area contributed by atoms with E-state index >= 15 is 0 Å². The van der Waals surface area contributed by atoms with Gasteiger partial charge < -0.3 is 14.0 Å². The normalized spacial score (nSPS) is 14.0. The molecule has 1 atom stereocenters. The van der Waals surface area contributed by atoms with Crippen LogP contribution in [-0.2, 0) is 29.2 Å². The zero-order valence-electron chi connectivity index (χ0n) is 12.1. The van der Waals surface area contributed by atoms with Gasteiger partial charge in [-0.15, -0.1) is 0 Å². The highest BCUT2D eigenvalue weighted by atomic mass is 32.2. The van der Waals surface area contributed by atoms with Crippen LogP contribution in [0, 0.1) is 0 Å². The van der Waals surface area contributed by atoms with Crippen LogP contribution in [-0.4, -0.2) is 49.1 Å². The highest BCUT2D eigenvalue weighted by molar-refractivity contribution is 7.86. The summed E-state index contributed by atoms with van der Waals surface area (Å²) in [7, 11) is -6.74. The molecule has 0 amide bonds. The summed E-state index contributed by atoms with van der Waals surface area (Å²) in [5.74, 6) is -2.70. The molecule has 0 radical (unpaired) electrons. The number of hydrogen-bond acceptors (Lipinski definition) is 7. The van der Waals surface area contributed by atoms with Crippen LogP contribution >= 0.6 is 0 Å². The second kappa shape index (κ2) is 7.88. The summed E-state index contributed by atoms with van der Waals surface area (Å²) in [6.07, 6.45) is -11.7. The standard InChI is InChI=1S/C11H13F5O7S/c1-6(2)8(18)22-5-3-4-7(17)23-9(10(12,13)14)11(15,16)24(19,20)21/h9H,1,3-5H2,2H3,(H,19,20,21)/p-1. The summed E-state index contributed by atoms with van der Waals surface area (Å²) in [6.45, 7) is 4.08. The van der Waals surface area contributed by atoms with Gasteiger partial charge in [0.25, 0.3) is 6.10 Å². The van der Waals surface area contributed by atoms with Gasteiger partial charge >= 0.3 is 23.4 Å². The Bertz CT molecular complexity index is 596. The molecular formula is C11H12F5O7S-. The molecule has 0 aliphatic heterocycles. The maximum atomic E-state index is 13.1. The predicted molar refractivity (Wildman–Crippen MR) is 65.6 cm³/mol. The minimum atomic E-state index is -6.74. The Labute approximate surface area is 133 Å². The molecule has 0 aliphatic carbocycles. The molecule has 13 heteroatoms. The summed E-state index contributed by atoms with van der Waals surface area (Å²) in [6, 6.07) is 0. The van der Waals surface area contributed by atoms with Crippen molar-refractivity contribution in [3.63, 3.8) is 0 Å². The molecule has 1 unspecified atom stereocenters. The molecule has 0 aliphatic rings. The van der Waals surface area contributed by atoms with Crippen LogP contribution in [0.25, 0.3) is 0 Å². The summed E-state index contributed by atoms with van der Waals surface area (Å²) in [5.41, 5.74) is 0.00927. The van der Waals surface area contributed by atoms with E-state index in [4.69, 9.17) is 0 Å². The zero-order valence-corrected chi connectivity index (χ0v) is 12.9. The molecule has 0 fully saturated rings. The van der Waals surface area contributed by atoms with E-state index in [0.717, 1.165) is 0 Å². The first-order chi connectivity index (χ1) is 10.6. The molecule has 0 aromatic heterocycles. The van der Waals surface area contributed by atoms with Crippen molar-refractivity contribution in [2.24, 2.45) is 0 Å². The lowest BCUT2D eigenvalue weighted by atomic mass is 10.3. The lowest BCUT2D eigenvalue weighted by Crippen LogP contribution is -2.52. The first-order valence-electron chi connectivity index (χ1n) is 6.02. The predicted octanol–water partition coefficient (Wildman–Crippen LogP) is 1.50. The average Bonchev–Trinajstić information content (AvgIpc) is 2.37. The van der Waals surface area contributed by atoms with Gasteiger partial charge in [-0.25, -0.2) is 13.2 Å². The second-order valence-electron chi connectivity index (χ2n) is 4.45. The number of ether oxygens (including phenoxy) is 2. The Morgan fingerprint density at radius 2 is 1.71 bits per heavy atom. The number of carbonyl (C=O) groups is 2. The SMILES string of the molecule is C=C(C)C(=O)OCCCC(=O)OC(C(F)(F)F)C(F)(F)S(=O)(=O)[O-].